The van der Waals surface area contributed by atoms with E-state index >= 15 is 0 Å². The highest BCUT2D eigenvalue weighted by molar-refractivity contribution is 5.76. The number of nitrogens with zero attached hydrogens (tertiary/aromatic N) is 3. The van der Waals surface area contributed by atoms with Crippen molar-refractivity contribution in [2.75, 3.05) is 18.0 Å². The molecule has 0 saturated carbocycles. The first-order valence-corrected chi connectivity index (χ1v) is 8.18. The number of aryl methyl sites for hydroxylation is 1. The molecule has 0 radical (unpaired) electrons. The molecular weight excluding hydrogens is 288 g/mol. The second-order valence-electron chi connectivity index (χ2n) is 5.81. The van der Waals surface area contributed by atoms with Crippen LogP contribution in [0.25, 0.3) is 0 Å². The van der Waals surface area contributed by atoms with Gasteiger partial charge in [-0.05, 0) is 49.1 Å². The van der Waals surface area contributed by atoms with E-state index in [1.165, 1.54) is 12.8 Å². The Labute approximate surface area is 136 Å². The molecule has 0 aliphatic carbocycles. The molecule has 1 fully saturated rings. The minimum atomic E-state index is 0.0511. The van der Waals surface area contributed by atoms with Gasteiger partial charge in [0.25, 0.3) is 0 Å². The lowest BCUT2D eigenvalue weighted by atomic mass is 10.1. The molecule has 0 aromatic carbocycles. The van der Waals surface area contributed by atoms with Crippen molar-refractivity contribution in [2.45, 2.75) is 32.2 Å². The number of carbonyl (C=O) groups is 1. The van der Waals surface area contributed by atoms with Crippen LogP contribution in [0.1, 0.15) is 30.5 Å². The molecule has 1 saturated heterocycles. The smallest absolute Gasteiger partial charge is 0.220 e. The van der Waals surface area contributed by atoms with E-state index in [4.69, 9.17) is 0 Å². The van der Waals surface area contributed by atoms with Crippen LogP contribution in [0.2, 0.25) is 0 Å². The average molecular weight is 310 g/mol. The lowest BCUT2D eigenvalue weighted by Crippen LogP contribution is -2.23. The number of amides is 1. The van der Waals surface area contributed by atoms with E-state index in [9.17, 15) is 4.79 Å². The highest BCUT2D eigenvalue weighted by atomic mass is 16.1. The van der Waals surface area contributed by atoms with E-state index in [1.807, 2.05) is 30.5 Å². The van der Waals surface area contributed by atoms with Crippen molar-refractivity contribution in [3.63, 3.8) is 0 Å². The number of hydrogen-bond acceptors (Lipinski definition) is 4. The Balaban J connectivity index is 1.48. The van der Waals surface area contributed by atoms with E-state index in [2.05, 4.69) is 26.3 Å². The normalized spacial score (nSPS) is 14.0. The summed E-state index contributed by atoms with van der Waals surface area (Å²) in [5, 5.41) is 2.91. The second kappa shape index (κ2) is 7.72. The number of carbonyl (C=O) groups excluding carboxylic acids is 1. The Hall–Kier alpha value is -2.43. The fraction of sp³-hybridized carbons (Fsp3) is 0.389. The van der Waals surface area contributed by atoms with Gasteiger partial charge < -0.3 is 10.2 Å². The van der Waals surface area contributed by atoms with Gasteiger partial charge in [0, 0.05) is 31.9 Å². The van der Waals surface area contributed by atoms with Crippen molar-refractivity contribution < 1.29 is 4.79 Å². The van der Waals surface area contributed by atoms with E-state index in [0.717, 1.165) is 36.6 Å². The van der Waals surface area contributed by atoms with Crippen molar-refractivity contribution in [3.05, 3.63) is 54.0 Å². The molecule has 1 aliphatic rings. The predicted octanol–water partition coefficient (Wildman–Crippen LogP) is 2.33. The summed E-state index contributed by atoms with van der Waals surface area (Å²) in [5.41, 5.74) is 2.04. The van der Waals surface area contributed by atoms with Crippen molar-refractivity contribution in [1.82, 2.24) is 15.3 Å². The summed E-state index contributed by atoms with van der Waals surface area (Å²) in [5.74, 6) is 1.09. The summed E-state index contributed by atoms with van der Waals surface area (Å²) in [7, 11) is 0. The van der Waals surface area contributed by atoms with Crippen LogP contribution in [0.4, 0.5) is 5.82 Å². The Kier molecular flexibility index (Phi) is 5.19. The molecule has 2 aromatic heterocycles. The van der Waals surface area contributed by atoms with Crippen LogP contribution >= 0.6 is 0 Å². The average Bonchev–Trinajstić information content (AvgIpc) is 3.14. The molecule has 5 heteroatoms. The maximum Gasteiger partial charge on any atom is 0.220 e. The van der Waals surface area contributed by atoms with Crippen molar-refractivity contribution in [2.24, 2.45) is 0 Å². The SMILES string of the molecule is O=C(CCc1ccnc(N2CCCC2)c1)NCc1ccccn1. The van der Waals surface area contributed by atoms with Gasteiger partial charge in [-0.15, -0.1) is 0 Å². The number of anilines is 1. The van der Waals surface area contributed by atoms with Crippen molar-refractivity contribution >= 4 is 11.7 Å². The van der Waals surface area contributed by atoms with Gasteiger partial charge in [0.1, 0.15) is 5.82 Å². The van der Waals surface area contributed by atoms with Crippen molar-refractivity contribution in [3.8, 4) is 0 Å². The first-order chi connectivity index (χ1) is 11.3. The Morgan fingerprint density at radius 1 is 1.13 bits per heavy atom. The zero-order chi connectivity index (χ0) is 15.9. The third kappa shape index (κ3) is 4.52. The molecule has 0 atom stereocenters. The maximum atomic E-state index is 12.0. The summed E-state index contributed by atoms with van der Waals surface area (Å²) in [6, 6.07) is 9.80. The zero-order valence-electron chi connectivity index (χ0n) is 13.2. The van der Waals surface area contributed by atoms with Crippen LogP contribution in [0.5, 0.6) is 0 Å². The van der Waals surface area contributed by atoms with E-state index in [1.54, 1.807) is 6.20 Å². The molecule has 0 spiro atoms. The fourth-order valence-electron chi connectivity index (χ4n) is 2.77. The molecule has 1 N–H and O–H groups in total. The molecule has 0 bridgehead atoms. The largest absolute Gasteiger partial charge is 0.357 e. The molecular formula is C18H22N4O. The van der Waals surface area contributed by atoms with Crippen molar-refractivity contribution in [1.29, 1.82) is 0 Å². The molecule has 3 rings (SSSR count). The van der Waals surface area contributed by atoms with E-state index in [-0.39, 0.29) is 5.91 Å². The van der Waals surface area contributed by atoms with Gasteiger partial charge in [0.15, 0.2) is 0 Å². The quantitative estimate of drug-likeness (QED) is 0.889. The first-order valence-electron chi connectivity index (χ1n) is 8.18. The number of hydrogen-bond donors (Lipinski definition) is 1. The lowest BCUT2D eigenvalue weighted by Gasteiger charge is -2.16. The van der Waals surface area contributed by atoms with Crippen LogP contribution in [0, 0.1) is 0 Å². The minimum absolute atomic E-state index is 0.0511. The molecule has 2 aromatic rings. The topological polar surface area (TPSA) is 58.1 Å². The van der Waals surface area contributed by atoms with Crippen LogP contribution in [-0.2, 0) is 17.8 Å². The Morgan fingerprint density at radius 2 is 2.00 bits per heavy atom. The number of nitrogens with one attached hydrogen (secondary N) is 1. The van der Waals surface area contributed by atoms with Gasteiger partial charge in [0.05, 0.1) is 12.2 Å². The molecule has 5 nitrogen and oxygen atoms in total. The second-order valence-corrected chi connectivity index (χ2v) is 5.81. The van der Waals surface area contributed by atoms with Gasteiger partial charge in [-0.25, -0.2) is 4.98 Å². The van der Waals surface area contributed by atoms with Crippen LogP contribution in [0.15, 0.2) is 42.7 Å². The standard InChI is InChI=1S/C18H22N4O/c23-18(21-14-16-5-1-2-9-19-16)7-6-15-8-10-20-17(13-15)22-11-3-4-12-22/h1-2,5,8-10,13H,3-4,6-7,11-12,14H2,(H,21,23). The van der Waals surface area contributed by atoms with Crippen LogP contribution in [-0.4, -0.2) is 29.0 Å². The molecule has 23 heavy (non-hydrogen) atoms. The minimum Gasteiger partial charge on any atom is -0.357 e. The summed E-state index contributed by atoms with van der Waals surface area (Å²) >= 11 is 0. The predicted molar refractivity (Wildman–Crippen MR) is 90.1 cm³/mol. The summed E-state index contributed by atoms with van der Waals surface area (Å²) in [4.78, 5) is 22.9. The number of aromatic nitrogens is 2. The Morgan fingerprint density at radius 3 is 2.78 bits per heavy atom. The highest BCUT2D eigenvalue weighted by Gasteiger charge is 2.13. The van der Waals surface area contributed by atoms with E-state index < -0.39 is 0 Å². The summed E-state index contributed by atoms with van der Waals surface area (Å²) in [6.07, 6.45) is 7.27. The Bertz CT molecular complexity index is 638. The molecule has 3 heterocycles. The number of rotatable bonds is 6. The summed E-state index contributed by atoms with van der Waals surface area (Å²) < 4.78 is 0. The third-order valence-electron chi connectivity index (χ3n) is 4.07. The number of pyridine rings is 2. The lowest BCUT2D eigenvalue weighted by molar-refractivity contribution is -0.121. The molecule has 120 valence electrons. The first kappa shape index (κ1) is 15.5. The summed E-state index contributed by atoms with van der Waals surface area (Å²) in [6.45, 7) is 2.65. The maximum absolute atomic E-state index is 12.0. The third-order valence-corrected chi connectivity index (χ3v) is 4.07. The fourth-order valence-corrected chi connectivity index (χ4v) is 2.77. The molecule has 0 unspecified atom stereocenters. The van der Waals surface area contributed by atoms with E-state index in [0.29, 0.717) is 13.0 Å². The van der Waals surface area contributed by atoms with Gasteiger partial charge in [-0.1, -0.05) is 6.07 Å². The molecule has 1 aliphatic heterocycles. The van der Waals surface area contributed by atoms with Gasteiger partial charge in [-0.2, -0.15) is 0 Å². The van der Waals surface area contributed by atoms with Gasteiger partial charge in [0.2, 0.25) is 5.91 Å². The van der Waals surface area contributed by atoms with Crippen LogP contribution in [0.3, 0.4) is 0 Å². The monoisotopic (exact) mass is 310 g/mol. The van der Waals surface area contributed by atoms with Gasteiger partial charge >= 0.3 is 0 Å². The van der Waals surface area contributed by atoms with Crippen LogP contribution < -0.4 is 10.2 Å². The highest BCUT2D eigenvalue weighted by Crippen LogP contribution is 2.19. The molecule has 1 amide bonds. The zero-order valence-corrected chi connectivity index (χ0v) is 13.2. The van der Waals surface area contributed by atoms with Gasteiger partial charge in [-0.3, -0.25) is 9.78 Å².